The van der Waals surface area contributed by atoms with E-state index in [1.165, 1.54) is 6.07 Å². The third-order valence-electron chi connectivity index (χ3n) is 3.52. The fraction of sp³-hybridized carbons (Fsp3) is 0.500. The predicted octanol–water partition coefficient (Wildman–Crippen LogP) is 1.85. The Bertz CT molecular complexity index is 445. The monoisotopic (exact) mass is 269 g/mol. The zero-order chi connectivity index (χ0) is 13.8. The molecule has 1 unspecified atom stereocenters. The lowest BCUT2D eigenvalue weighted by Gasteiger charge is -2.15. The number of hydrogen-bond donors (Lipinski definition) is 1. The van der Waals surface area contributed by atoms with Gasteiger partial charge in [0.25, 0.3) is 0 Å². The molecule has 1 heterocycles. The molecular weight excluding hydrogens is 252 g/mol. The largest absolute Gasteiger partial charge is 0.396 e. The van der Waals surface area contributed by atoms with Crippen LogP contribution in [0.4, 0.5) is 8.78 Å². The molecule has 0 aromatic heterocycles. The molecule has 1 N–H and O–H groups in total. The predicted molar refractivity (Wildman–Crippen MR) is 66.9 cm³/mol. The lowest BCUT2D eigenvalue weighted by atomic mass is 10.1. The molecule has 0 amide bonds. The number of halogens is 2. The van der Waals surface area contributed by atoms with Crippen molar-refractivity contribution in [3.05, 3.63) is 35.4 Å². The minimum atomic E-state index is -0.809. The molecule has 0 saturated carbocycles. The molecule has 19 heavy (non-hydrogen) atoms. The molecule has 5 heteroatoms. The van der Waals surface area contributed by atoms with Crippen LogP contribution in [-0.2, 0) is 0 Å². The zero-order valence-corrected chi connectivity index (χ0v) is 10.6. The van der Waals surface area contributed by atoms with E-state index in [2.05, 4.69) is 0 Å². The number of Topliss-reactive ketones (excluding diaryl/α,β-unsaturated/α-hetero) is 1. The van der Waals surface area contributed by atoms with Gasteiger partial charge in [0.2, 0.25) is 0 Å². The van der Waals surface area contributed by atoms with Crippen LogP contribution >= 0.6 is 0 Å². The molecule has 1 aromatic carbocycles. The van der Waals surface area contributed by atoms with Crippen molar-refractivity contribution in [3.63, 3.8) is 0 Å². The highest BCUT2D eigenvalue weighted by Crippen LogP contribution is 2.20. The van der Waals surface area contributed by atoms with E-state index in [4.69, 9.17) is 5.11 Å². The van der Waals surface area contributed by atoms with Gasteiger partial charge in [-0.2, -0.15) is 0 Å². The minimum Gasteiger partial charge on any atom is -0.396 e. The Labute approximate surface area is 110 Å². The van der Waals surface area contributed by atoms with Crippen molar-refractivity contribution in [1.82, 2.24) is 4.90 Å². The molecule has 0 aliphatic carbocycles. The number of hydrogen-bond acceptors (Lipinski definition) is 3. The van der Waals surface area contributed by atoms with Gasteiger partial charge in [-0.25, -0.2) is 8.78 Å². The van der Waals surface area contributed by atoms with Crippen LogP contribution in [0.25, 0.3) is 0 Å². The third-order valence-corrected chi connectivity index (χ3v) is 3.52. The molecule has 104 valence electrons. The Balaban J connectivity index is 1.99. The van der Waals surface area contributed by atoms with Gasteiger partial charge >= 0.3 is 0 Å². The first-order valence-corrected chi connectivity index (χ1v) is 6.42. The van der Waals surface area contributed by atoms with Crippen LogP contribution in [0.2, 0.25) is 0 Å². The normalized spacial score (nSPS) is 19.8. The number of benzene rings is 1. The molecule has 0 radical (unpaired) electrons. The van der Waals surface area contributed by atoms with E-state index in [1.807, 2.05) is 4.90 Å². The molecule has 1 fully saturated rings. The van der Waals surface area contributed by atoms with E-state index < -0.39 is 23.0 Å². The average Bonchev–Trinajstić information content (AvgIpc) is 2.77. The Morgan fingerprint density at radius 2 is 2.05 bits per heavy atom. The number of ketones is 1. The summed E-state index contributed by atoms with van der Waals surface area (Å²) in [6.07, 6.45) is 1.62. The van der Waals surface area contributed by atoms with Crippen molar-refractivity contribution in [2.24, 2.45) is 5.92 Å². The molecule has 3 nitrogen and oxygen atoms in total. The van der Waals surface area contributed by atoms with Crippen LogP contribution in [-0.4, -0.2) is 42.0 Å². The first-order chi connectivity index (χ1) is 9.11. The first kappa shape index (κ1) is 14.1. The number of aliphatic hydroxyl groups excluding tert-OH is 1. The first-order valence-electron chi connectivity index (χ1n) is 6.42. The highest BCUT2D eigenvalue weighted by atomic mass is 19.1. The minimum absolute atomic E-state index is 0.0276. The fourth-order valence-corrected chi connectivity index (χ4v) is 2.52. The van der Waals surface area contributed by atoms with Crippen LogP contribution < -0.4 is 0 Å². The second kappa shape index (κ2) is 6.21. The Morgan fingerprint density at radius 1 is 1.37 bits per heavy atom. The summed E-state index contributed by atoms with van der Waals surface area (Å²) in [5, 5.41) is 8.86. The molecule has 1 atom stereocenters. The van der Waals surface area contributed by atoms with E-state index in [0.717, 1.165) is 25.1 Å². The molecule has 1 aliphatic heterocycles. The second-order valence-electron chi connectivity index (χ2n) is 4.92. The van der Waals surface area contributed by atoms with Crippen molar-refractivity contribution in [2.75, 3.05) is 26.2 Å². The van der Waals surface area contributed by atoms with Gasteiger partial charge < -0.3 is 5.11 Å². The van der Waals surface area contributed by atoms with E-state index in [-0.39, 0.29) is 13.2 Å². The van der Waals surface area contributed by atoms with Crippen LogP contribution in [0.5, 0.6) is 0 Å². The summed E-state index contributed by atoms with van der Waals surface area (Å²) in [5.41, 5.74) is -0.451. The Hall–Kier alpha value is -1.33. The summed E-state index contributed by atoms with van der Waals surface area (Å²) in [7, 11) is 0. The molecular formula is C14H17F2NO2. The number of likely N-dealkylation sites (tertiary alicyclic amines) is 1. The maximum atomic E-state index is 13.5. The molecule has 1 aliphatic rings. The van der Waals surface area contributed by atoms with E-state index in [9.17, 15) is 13.6 Å². The molecule has 0 spiro atoms. The van der Waals surface area contributed by atoms with Crippen LogP contribution in [0.3, 0.4) is 0 Å². The lowest BCUT2D eigenvalue weighted by molar-refractivity contribution is 0.0934. The fourth-order valence-electron chi connectivity index (χ4n) is 2.52. The Morgan fingerprint density at radius 3 is 2.68 bits per heavy atom. The van der Waals surface area contributed by atoms with Crippen molar-refractivity contribution >= 4 is 5.78 Å². The standard InChI is InChI=1S/C14H17F2NO2/c15-11-2-1-3-12(16)14(11)13(19)9-17-6-4-10(8-17)5-7-18/h1-3,10,18H,4-9H2. The number of carbonyl (C=O) groups is 1. The quantitative estimate of drug-likeness (QED) is 0.829. The maximum absolute atomic E-state index is 13.5. The number of aliphatic hydroxyl groups is 1. The van der Waals surface area contributed by atoms with Crippen molar-refractivity contribution in [3.8, 4) is 0 Å². The van der Waals surface area contributed by atoms with Crippen LogP contribution in [0.15, 0.2) is 18.2 Å². The van der Waals surface area contributed by atoms with Gasteiger partial charge in [0, 0.05) is 13.2 Å². The van der Waals surface area contributed by atoms with Gasteiger partial charge in [0.15, 0.2) is 5.78 Å². The van der Waals surface area contributed by atoms with E-state index in [0.29, 0.717) is 18.9 Å². The highest BCUT2D eigenvalue weighted by Gasteiger charge is 2.26. The second-order valence-corrected chi connectivity index (χ2v) is 4.92. The summed E-state index contributed by atoms with van der Waals surface area (Å²) in [5.74, 6) is -1.78. The van der Waals surface area contributed by atoms with Crippen LogP contribution in [0, 0.1) is 17.6 Å². The average molecular weight is 269 g/mol. The summed E-state index contributed by atoms with van der Waals surface area (Å²) in [6.45, 7) is 1.59. The van der Waals surface area contributed by atoms with Gasteiger partial charge in [0.1, 0.15) is 11.6 Å². The van der Waals surface area contributed by atoms with Crippen molar-refractivity contribution in [1.29, 1.82) is 0 Å². The molecule has 0 bridgehead atoms. The smallest absolute Gasteiger partial charge is 0.182 e. The number of carbonyl (C=O) groups excluding carboxylic acids is 1. The Kier molecular flexibility index (Phi) is 4.61. The van der Waals surface area contributed by atoms with E-state index in [1.54, 1.807) is 0 Å². The third kappa shape index (κ3) is 3.36. The van der Waals surface area contributed by atoms with Gasteiger partial charge in [-0.3, -0.25) is 9.69 Å². The summed E-state index contributed by atoms with van der Waals surface area (Å²) in [6, 6.07) is 3.43. The van der Waals surface area contributed by atoms with Crippen LogP contribution in [0.1, 0.15) is 23.2 Å². The van der Waals surface area contributed by atoms with Crippen molar-refractivity contribution < 1.29 is 18.7 Å². The highest BCUT2D eigenvalue weighted by molar-refractivity contribution is 5.98. The van der Waals surface area contributed by atoms with Gasteiger partial charge in [0.05, 0.1) is 12.1 Å². The van der Waals surface area contributed by atoms with Gasteiger partial charge in [-0.05, 0) is 37.4 Å². The summed E-state index contributed by atoms with van der Waals surface area (Å²) in [4.78, 5) is 13.8. The molecule has 1 aromatic rings. The SMILES string of the molecule is O=C(CN1CCC(CCO)C1)c1c(F)cccc1F. The molecule has 2 rings (SSSR count). The zero-order valence-electron chi connectivity index (χ0n) is 10.6. The summed E-state index contributed by atoms with van der Waals surface area (Å²) < 4.78 is 26.9. The van der Waals surface area contributed by atoms with E-state index >= 15 is 0 Å². The van der Waals surface area contributed by atoms with Gasteiger partial charge in [-0.1, -0.05) is 6.07 Å². The number of rotatable bonds is 5. The molecule has 1 saturated heterocycles. The number of nitrogens with zero attached hydrogens (tertiary/aromatic N) is 1. The topological polar surface area (TPSA) is 40.5 Å². The lowest BCUT2D eigenvalue weighted by Crippen LogP contribution is -2.29. The van der Waals surface area contributed by atoms with Crippen molar-refractivity contribution in [2.45, 2.75) is 12.8 Å². The maximum Gasteiger partial charge on any atom is 0.182 e. The summed E-state index contributed by atoms with van der Waals surface area (Å²) >= 11 is 0. The van der Waals surface area contributed by atoms with Gasteiger partial charge in [-0.15, -0.1) is 0 Å².